The first-order valence-electron chi connectivity index (χ1n) is 32.9. The van der Waals surface area contributed by atoms with Crippen LogP contribution in [0.25, 0.3) is 0 Å². The maximum atomic E-state index is 12.9. The molecule has 76 heavy (non-hydrogen) atoms. The van der Waals surface area contributed by atoms with Gasteiger partial charge in [0.15, 0.2) is 6.10 Å². The Bertz CT molecular complexity index is 1400. The molecule has 0 rings (SSSR count). The van der Waals surface area contributed by atoms with Gasteiger partial charge in [-0.2, -0.15) is 0 Å². The van der Waals surface area contributed by atoms with Crippen LogP contribution in [0, 0.1) is 0 Å². The van der Waals surface area contributed by atoms with Crippen LogP contribution in [0.15, 0.2) is 72.9 Å². The van der Waals surface area contributed by atoms with Gasteiger partial charge in [0.2, 0.25) is 0 Å². The van der Waals surface area contributed by atoms with Crippen LogP contribution in [0.1, 0.15) is 335 Å². The van der Waals surface area contributed by atoms with Gasteiger partial charge < -0.3 is 14.2 Å². The lowest BCUT2D eigenvalue weighted by Gasteiger charge is -2.18. The van der Waals surface area contributed by atoms with E-state index in [1.54, 1.807) is 0 Å². The molecule has 0 saturated heterocycles. The van der Waals surface area contributed by atoms with Crippen LogP contribution in [-0.2, 0) is 28.6 Å². The van der Waals surface area contributed by atoms with Gasteiger partial charge >= 0.3 is 17.9 Å². The summed E-state index contributed by atoms with van der Waals surface area (Å²) >= 11 is 0. The van der Waals surface area contributed by atoms with Crippen molar-refractivity contribution < 1.29 is 28.6 Å². The standard InChI is InChI=1S/C70H124O6/c1-4-7-10-13-16-19-22-25-28-31-33-34-35-36-37-40-42-45-48-51-54-57-60-63-69(72)75-66-67(65-74-68(71)62-59-56-53-50-47-44-41-38-30-27-24-21-18-15-12-9-6-3)76-70(73)64-61-58-55-52-49-46-43-39-32-29-26-23-20-17-14-11-8-5-2/h9,12,18,20-21,23,27,29-33,67H,4-8,10-11,13-17,19,22,24-26,28,34-66H2,1-3H3/b12-9-,21-18-,23-20-,30-27-,32-29-,33-31-. The van der Waals surface area contributed by atoms with E-state index < -0.39 is 6.10 Å². The van der Waals surface area contributed by atoms with E-state index in [0.29, 0.717) is 19.3 Å². The van der Waals surface area contributed by atoms with Crippen LogP contribution in [0.5, 0.6) is 0 Å². The normalized spacial score (nSPS) is 12.5. The van der Waals surface area contributed by atoms with Crippen molar-refractivity contribution in [3.05, 3.63) is 72.9 Å². The van der Waals surface area contributed by atoms with Crippen molar-refractivity contribution in [3.63, 3.8) is 0 Å². The lowest BCUT2D eigenvalue weighted by molar-refractivity contribution is -0.167. The molecule has 0 aliphatic carbocycles. The smallest absolute Gasteiger partial charge is 0.306 e. The van der Waals surface area contributed by atoms with E-state index in [1.165, 1.54) is 199 Å². The second kappa shape index (κ2) is 64.4. The van der Waals surface area contributed by atoms with Gasteiger partial charge in [-0.3, -0.25) is 14.4 Å². The summed E-state index contributed by atoms with van der Waals surface area (Å²) in [7, 11) is 0. The summed E-state index contributed by atoms with van der Waals surface area (Å²) in [6.07, 6.45) is 83.4. The minimum atomic E-state index is -0.786. The van der Waals surface area contributed by atoms with Gasteiger partial charge in [0.1, 0.15) is 13.2 Å². The summed E-state index contributed by atoms with van der Waals surface area (Å²) in [5.74, 6) is -0.883. The molecule has 1 atom stereocenters. The molecule has 0 saturated carbocycles. The summed E-state index contributed by atoms with van der Waals surface area (Å²) in [5, 5.41) is 0. The van der Waals surface area contributed by atoms with Crippen LogP contribution in [-0.4, -0.2) is 37.2 Å². The Morgan fingerprint density at radius 1 is 0.276 bits per heavy atom. The zero-order chi connectivity index (χ0) is 55.0. The summed E-state index contributed by atoms with van der Waals surface area (Å²) in [6, 6.07) is 0. The molecule has 0 bridgehead atoms. The molecule has 1 unspecified atom stereocenters. The number of carbonyl (C=O) groups excluding carboxylic acids is 3. The molecule has 0 amide bonds. The quantitative estimate of drug-likeness (QED) is 0.0261. The molecular formula is C70H124O6. The minimum Gasteiger partial charge on any atom is -0.462 e. The molecule has 6 nitrogen and oxygen atoms in total. The molecule has 0 aromatic heterocycles. The van der Waals surface area contributed by atoms with Crippen molar-refractivity contribution in [1.29, 1.82) is 0 Å². The number of rotatable bonds is 60. The van der Waals surface area contributed by atoms with E-state index in [2.05, 4.69) is 93.7 Å². The van der Waals surface area contributed by atoms with Gasteiger partial charge in [0.25, 0.3) is 0 Å². The van der Waals surface area contributed by atoms with Crippen LogP contribution in [0.3, 0.4) is 0 Å². The summed E-state index contributed by atoms with van der Waals surface area (Å²) in [4.78, 5) is 38.4. The highest BCUT2D eigenvalue weighted by Gasteiger charge is 2.19. The number of hydrogen-bond acceptors (Lipinski definition) is 6. The molecule has 0 aromatic rings. The SMILES string of the molecule is CC/C=C\C/C=C\C/C=C\CCCCCCCCCC(=O)OCC(COC(=O)CCCCCCCCCCCCC/C=C\CCCCCCCCCC)OC(=O)CCCCCCCCC/C=C\C/C=C\CCCCCC. The van der Waals surface area contributed by atoms with Crippen molar-refractivity contribution in [2.75, 3.05) is 13.2 Å². The maximum Gasteiger partial charge on any atom is 0.306 e. The molecule has 0 aliphatic heterocycles. The van der Waals surface area contributed by atoms with E-state index in [0.717, 1.165) is 96.3 Å². The summed E-state index contributed by atoms with van der Waals surface area (Å²) in [6.45, 7) is 6.54. The second-order valence-electron chi connectivity index (χ2n) is 22.0. The Hall–Kier alpha value is -3.15. The van der Waals surface area contributed by atoms with Crippen molar-refractivity contribution in [2.45, 2.75) is 341 Å². The number of ether oxygens (including phenoxy) is 3. The molecule has 0 fully saturated rings. The molecule has 0 N–H and O–H groups in total. The van der Waals surface area contributed by atoms with Crippen molar-refractivity contribution >= 4 is 17.9 Å². The molecule has 6 heteroatoms. The zero-order valence-corrected chi connectivity index (χ0v) is 50.5. The second-order valence-corrected chi connectivity index (χ2v) is 22.0. The predicted molar refractivity (Wildman–Crippen MR) is 330 cm³/mol. The number of carbonyl (C=O) groups is 3. The largest absolute Gasteiger partial charge is 0.462 e. The van der Waals surface area contributed by atoms with E-state index >= 15 is 0 Å². The van der Waals surface area contributed by atoms with Gasteiger partial charge in [0, 0.05) is 19.3 Å². The maximum absolute atomic E-state index is 12.9. The average molecular weight is 1060 g/mol. The van der Waals surface area contributed by atoms with Crippen LogP contribution in [0.2, 0.25) is 0 Å². The van der Waals surface area contributed by atoms with Gasteiger partial charge in [-0.15, -0.1) is 0 Å². The van der Waals surface area contributed by atoms with Gasteiger partial charge in [-0.05, 0) is 109 Å². The Morgan fingerprint density at radius 2 is 0.513 bits per heavy atom. The molecule has 0 aliphatic rings. The van der Waals surface area contributed by atoms with E-state index in [4.69, 9.17) is 14.2 Å². The minimum absolute atomic E-state index is 0.0806. The highest BCUT2D eigenvalue weighted by molar-refractivity contribution is 5.71. The third-order valence-corrected chi connectivity index (χ3v) is 14.4. The lowest BCUT2D eigenvalue weighted by Crippen LogP contribution is -2.30. The molecule has 0 spiro atoms. The van der Waals surface area contributed by atoms with E-state index in [1.807, 2.05) is 0 Å². The van der Waals surface area contributed by atoms with Crippen LogP contribution >= 0.6 is 0 Å². The third kappa shape index (κ3) is 61.7. The monoisotopic (exact) mass is 1060 g/mol. The van der Waals surface area contributed by atoms with E-state index in [-0.39, 0.29) is 31.1 Å². The Balaban J connectivity index is 4.35. The van der Waals surface area contributed by atoms with Crippen molar-refractivity contribution in [3.8, 4) is 0 Å². The van der Waals surface area contributed by atoms with Crippen molar-refractivity contribution in [1.82, 2.24) is 0 Å². The zero-order valence-electron chi connectivity index (χ0n) is 50.5. The summed E-state index contributed by atoms with van der Waals surface area (Å²) in [5.41, 5.74) is 0. The lowest BCUT2D eigenvalue weighted by atomic mass is 10.0. The number of unbranched alkanes of at least 4 members (excludes halogenated alkanes) is 37. The molecule has 0 aromatic carbocycles. The number of hydrogen-bond donors (Lipinski definition) is 0. The number of allylic oxidation sites excluding steroid dienone is 12. The molecular weight excluding hydrogens is 937 g/mol. The van der Waals surface area contributed by atoms with Crippen LogP contribution in [0.4, 0.5) is 0 Å². The Morgan fingerprint density at radius 3 is 0.829 bits per heavy atom. The first-order valence-corrected chi connectivity index (χ1v) is 32.9. The van der Waals surface area contributed by atoms with Crippen molar-refractivity contribution in [2.24, 2.45) is 0 Å². The highest BCUT2D eigenvalue weighted by atomic mass is 16.6. The first kappa shape index (κ1) is 72.8. The fourth-order valence-corrected chi connectivity index (χ4v) is 9.48. The summed E-state index contributed by atoms with van der Waals surface area (Å²) < 4.78 is 17.0. The van der Waals surface area contributed by atoms with Gasteiger partial charge in [-0.25, -0.2) is 0 Å². The van der Waals surface area contributed by atoms with Gasteiger partial charge in [0.05, 0.1) is 0 Å². The fourth-order valence-electron chi connectivity index (χ4n) is 9.48. The third-order valence-electron chi connectivity index (χ3n) is 14.4. The molecule has 0 heterocycles. The van der Waals surface area contributed by atoms with Gasteiger partial charge in [-0.1, -0.05) is 280 Å². The molecule has 440 valence electrons. The number of esters is 3. The topological polar surface area (TPSA) is 78.9 Å². The fraction of sp³-hybridized carbons (Fsp3) is 0.786. The average Bonchev–Trinajstić information content (AvgIpc) is 3.42. The Labute approximate surface area is 472 Å². The predicted octanol–water partition coefficient (Wildman–Crippen LogP) is 22.5. The molecule has 0 radical (unpaired) electrons. The first-order chi connectivity index (χ1) is 37.5. The van der Waals surface area contributed by atoms with Crippen LogP contribution < -0.4 is 0 Å². The highest BCUT2D eigenvalue weighted by Crippen LogP contribution is 2.17. The van der Waals surface area contributed by atoms with E-state index in [9.17, 15) is 14.4 Å². The Kier molecular flexibility index (Phi) is 61.7.